The Kier molecular flexibility index (Phi) is 7.12. The molecule has 22 heavy (non-hydrogen) atoms. The van der Waals surface area contributed by atoms with Crippen molar-refractivity contribution in [3.63, 3.8) is 0 Å². The van der Waals surface area contributed by atoms with E-state index in [0.717, 1.165) is 0 Å². The van der Waals surface area contributed by atoms with Crippen molar-refractivity contribution in [2.24, 2.45) is 0 Å². The summed E-state index contributed by atoms with van der Waals surface area (Å²) in [6.07, 6.45) is 2.77. The molecule has 0 radical (unpaired) electrons. The summed E-state index contributed by atoms with van der Waals surface area (Å²) in [5, 5.41) is 14.1. The van der Waals surface area contributed by atoms with Gasteiger partial charge in [-0.25, -0.2) is 4.79 Å². The number of alkyl halides is 1. The quantitative estimate of drug-likeness (QED) is 0.274. The zero-order valence-corrected chi connectivity index (χ0v) is 13.1. The van der Waals surface area contributed by atoms with E-state index in [-0.39, 0.29) is 29.4 Å². The second-order valence-corrected chi connectivity index (χ2v) is 4.40. The van der Waals surface area contributed by atoms with Crippen LogP contribution in [0.3, 0.4) is 0 Å². The highest BCUT2D eigenvalue weighted by Crippen LogP contribution is 2.22. The summed E-state index contributed by atoms with van der Waals surface area (Å²) < 4.78 is 4.99. The molecule has 0 fully saturated rings. The lowest BCUT2D eigenvalue weighted by molar-refractivity contribution is -0.418. The fraction of sp³-hybridized carbons (Fsp3) is 0.267. The van der Waals surface area contributed by atoms with Crippen LogP contribution in [0.15, 0.2) is 42.1 Å². The van der Waals surface area contributed by atoms with Gasteiger partial charge in [-0.15, -0.1) is 11.6 Å². The third-order valence-corrected chi connectivity index (χ3v) is 2.94. The molecular formula is C15H17ClN2O4. The van der Waals surface area contributed by atoms with Gasteiger partial charge in [-0.2, -0.15) is 0 Å². The number of halogens is 1. The molecule has 0 aliphatic rings. The first kappa shape index (κ1) is 17.7. The predicted octanol–water partition coefficient (Wildman–Crippen LogP) is 2.82. The summed E-state index contributed by atoms with van der Waals surface area (Å²) in [7, 11) is 1.55. The molecule has 118 valence electrons. The maximum absolute atomic E-state index is 12.0. The van der Waals surface area contributed by atoms with Crippen molar-refractivity contribution in [2.75, 3.05) is 19.5 Å². The number of hydrogen-bond acceptors (Lipinski definition) is 5. The van der Waals surface area contributed by atoms with E-state index in [1.165, 1.54) is 12.2 Å². The highest BCUT2D eigenvalue weighted by Gasteiger charge is 2.21. The Bertz CT molecular complexity index is 611. The molecule has 0 spiro atoms. The average molecular weight is 325 g/mol. The third-order valence-electron chi connectivity index (χ3n) is 2.76. The minimum absolute atomic E-state index is 0.147. The molecule has 0 bridgehead atoms. The lowest BCUT2D eigenvalue weighted by Gasteiger charge is -2.11. The lowest BCUT2D eigenvalue weighted by Crippen LogP contribution is -2.16. The number of rotatable bonds is 7. The first-order valence-corrected chi connectivity index (χ1v) is 7.15. The van der Waals surface area contributed by atoms with Crippen molar-refractivity contribution in [1.82, 2.24) is 5.32 Å². The number of nitrogens with one attached hydrogen (secondary N) is 1. The molecule has 0 unspecified atom stereocenters. The monoisotopic (exact) mass is 324 g/mol. The first-order chi connectivity index (χ1) is 10.6. The topological polar surface area (TPSA) is 81.5 Å². The number of hydrogen-bond donors (Lipinski definition) is 1. The van der Waals surface area contributed by atoms with Crippen molar-refractivity contribution in [1.29, 1.82) is 0 Å². The number of allylic oxidation sites excluding steroid dienone is 2. The zero-order valence-electron chi connectivity index (χ0n) is 12.3. The molecule has 0 saturated carbocycles. The van der Waals surface area contributed by atoms with E-state index < -0.39 is 10.9 Å². The van der Waals surface area contributed by atoms with Crippen LogP contribution >= 0.6 is 11.6 Å². The molecular weight excluding hydrogens is 308 g/mol. The maximum Gasteiger partial charge on any atom is 0.338 e. The highest BCUT2D eigenvalue weighted by atomic mass is 35.5. The van der Waals surface area contributed by atoms with Crippen LogP contribution < -0.4 is 5.32 Å². The summed E-state index contributed by atoms with van der Waals surface area (Å²) in [4.78, 5) is 22.8. The highest BCUT2D eigenvalue weighted by molar-refractivity contribution is 6.18. The van der Waals surface area contributed by atoms with Crippen LogP contribution in [0.2, 0.25) is 0 Å². The van der Waals surface area contributed by atoms with E-state index in [0.29, 0.717) is 5.56 Å². The third kappa shape index (κ3) is 4.33. The fourth-order valence-electron chi connectivity index (χ4n) is 1.88. The SMILES string of the molecule is CCOC(=O)c1ccccc1/C(NC)=C(/C=C\CCl)[N+](=O)[O-]. The minimum atomic E-state index is -0.533. The normalized spacial score (nSPS) is 12.0. The van der Waals surface area contributed by atoms with Gasteiger partial charge in [-0.05, 0) is 13.0 Å². The number of nitro groups is 1. The second kappa shape index (κ2) is 8.84. The van der Waals surface area contributed by atoms with E-state index in [9.17, 15) is 14.9 Å². The molecule has 7 heteroatoms. The van der Waals surface area contributed by atoms with Gasteiger partial charge in [0.2, 0.25) is 0 Å². The van der Waals surface area contributed by atoms with E-state index in [4.69, 9.17) is 16.3 Å². The molecule has 0 aliphatic heterocycles. The number of ether oxygens (including phenoxy) is 1. The van der Waals surface area contributed by atoms with Gasteiger partial charge in [0.05, 0.1) is 17.1 Å². The Morgan fingerprint density at radius 2 is 2.05 bits per heavy atom. The molecule has 0 amide bonds. The number of esters is 1. The smallest absolute Gasteiger partial charge is 0.338 e. The number of carbonyl (C=O) groups excluding carboxylic acids is 1. The molecule has 0 saturated heterocycles. The van der Waals surface area contributed by atoms with Crippen LogP contribution in [0.25, 0.3) is 5.70 Å². The van der Waals surface area contributed by atoms with E-state index in [1.807, 2.05) is 0 Å². The van der Waals surface area contributed by atoms with Crippen LogP contribution in [-0.2, 0) is 4.74 Å². The van der Waals surface area contributed by atoms with Gasteiger partial charge in [0.15, 0.2) is 0 Å². The van der Waals surface area contributed by atoms with Crippen molar-refractivity contribution < 1.29 is 14.5 Å². The van der Waals surface area contributed by atoms with Crippen LogP contribution in [0.4, 0.5) is 0 Å². The molecule has 6 nitrogen and oxygen atoms in total. The van der Waals surface area contributed by atoms with Gasteiger partial charge in [0.1, 0.15) is 5.70 Å². The van der Waals surface area contributed by atoms with Crippen molar-refractivity contribution in [3.8, 4) is 0 Å². The van der Waals surface area contributed by atoms with Gasteiger partial charge in [0, 0.05) is 24.6 Å². The predicted molar refractivity (Wildman–Crippen MR) is 85.2 cm³/mol. The summed E-state index contributed by atoms with van der Waals surface area (Å²) in [6.45, 7) is 1.92. The molecule has 0 aromatic heterocycles. The summed E-state index contributed by atoms with van der Waals surface area (Å²) >= 11 is 5.54. The Balaban J connectivity index is 3.50. The molecule has 1 aromatic carbocycles. The van der Waals surface area contributed by atoms with Crippen LogP contribution in [-0.4, -0.2) is 30.4 Å². The number of carbonyl (C=O) groups is 1. The summed E-state index contributed by atoms with van der Waals surface area (Å²) in [6, 6.07) is 6.55. The standard InChI is InChI=1S/C15H17ClN2O4/c1-3-22-15(19)12-8-5-4-7-11(12)14(17-2)13(18(20)21)9-6-10-16/h4-9,17H,3,10H2,1-2H3/b9-6-,14-13+. The fourth-order valence-corrected chi connectivity index (χ4v) is 1.97. The van der Waals surface area contributed by atoms with Crippen LogP contribution in [0.1, 0.15) is 22.8 Å². The largest absolute Gasteiger partial charge is 0.462 e. The van der Waals surface area contributed by atoms with E-state index in [2.05, 4.69) is 5.32 Å². The average Bonchev–Trinajstić information content (AvgIpc) is 2.51. The Hall–Kier alpha value is -2.34. The second-order valence-electron chi connectivity index (χ2n) is 4.09. The van der Waals surface area contributed by atoms with Gasteiger partial charge in [-0.1, -0.05) is 24.3 Å². The molecule has 1 rings (SSSR count). The molecule has 0 atom stereocenters. The lowest BCUT2D eigenvalue weighted by atomic mass is 10.0. The zero-order chi connectivity index (χ0) is 16.5. The van der Waals surface area contributed by atoms with Crippen molar-refractivity contribution in [3.05, 3.63) is 63.4 Å². The van der Waals surface area contributed by atoms with Gasteiger partial charge in [0.25, 0.3) is 5.70 Å². The Morgan fingerprint density at radius 1 is 1.41 bits per heavy atom. The molecule has 0 heterocycles. The molecule has 0 aliphatic carbocycles. The number of nitrogens with zero attached hydrogens (tertiary/aromatic N) is 1. The Morgan fingerprint density at radius 3 is 2.55 bits per heavy atom. The van der Waals surface area contributed by atoms with Gasteiger partial charge >= 0.3 is 5.97 Å². The van der Waals surface area contributed by atoms with E-state index >= 15 is 0 Å². The summed E-state index contributed by atoms with van der Waals surface area (Å²) in [5.41, 5.74) is 0.691. The number of benzene rings is 1. The summed E-state index contributed by atoms with van der Waals surface area (Å²) in [5.74, 6) is -0.386. The van der Waals surface area contributed by atoms with Gasteiger partial charge in [-0.3, -0.25) is 10.1 Å². The minimum Gasteiger partial charge on any atom is -0.462 e. The first-order valence-electron chi connectivity index (χ1n) is 6.62. The molecule has 1 N–H and O–H groups in total. The van der Waals surface area contributed by atoms with Crippen LogP contribution in [0, 0.1) is 10.1 Å². The Labute approximate surface area is 133 Å². The van der Waals surface area contributed by atoms with Crippen molar-refractivity contribution >= 4 is 23.3 Å². The van der Waals surface area contributed by atoms with Crippen molar-refractivity contribution in [2.45, 2.75) is 6.92 Å². The van der Waals surface area contributed by atoms with E-state index in [1.54, 1.807) is 38.2 Å². The van der Waals surface area contributed by atoms with Crippen LogP contribution in [0.5, 0.6) is 0 Å². The maximum atomic E-state index is 12.0. The molecule has 1 aromatic rings. The van der Waals surface area contributed by atoms with Gasteiger partial charge < -0.3 is 10.1 Å².